The normalized spacial score (nSPS) is 17.3. The SMILES string of the molecule is Cc1n[nH]c(C)c1S(=O)(=O)N1CCC(Cc2ccc(Br)cc2)CC1. The van der Waals surface area contributed by atoms with Crippen molar-refractivity contribution in [2.24, 2.45) is 5.92 Å². The van der Waals surface area contributed by atoms with Crippen LogP contribution in [0.15, 0.2) is 33.6 Å². The van der Waals surface area contributed by atoms with E-state index in [1.807, 2.05) is 0 Å². The first-order valence-corrected chi connectivity index (χ1v) is 10.4. The van der Waals surface area contributed by atoms with Gasteiger partial charge in [0.2, 0.25) is 10.0 Å². The summed E-state index contributed by atoms with van der Waals surface area (Å²) in [4.78, 5) is 0.342. The molecule has 24 heavy (non-hydrogen) atoms. The van der Waals surface area contributed by atoms with E-state index in [0.717, 1.165) is 23.7 Å². The maximum atomic E-state index is 12.9. The first-order valence-electron chi connectivity index (χ1n) is 8.14. The molecule has 0 saturated carbocycles. The van der Waals surface area contributed by atoms with E-state index >= 15 is 0 Å². The number of benzene rings is 1. The topological polar surface area (TPSA) is 66.1 Å². The second kappa shape index (κ2) is 6.98. The van der Waals surface area contributed by atoms with Gasteiger partial charge in [-0.1, -0.05) is 28.1 Å². The van der Waals surface area contributed by atoms with Crippen LogP contribution in [0.3, 0.4) is 0 Å². The van der Waals surface area contributed by atoms with E-state index in [0.29, 0.717) is 35.3 Å². The number of hydrogen-bond donors (Lipinski definition) is 1. The van der Waals surface area contributed by atoms with Gasteiger partial charge >= 0.3 is 0 Å². The number of rotatable bonds is 4. The number of halogens is 1. The van der Waals surface area contributed by atoms with Crippen molar-refractivity contribution in [1.82, 2.24) is 14.5 Å². The average molecular weight is 412 g/mol. The second-order valence-corrected chi connectivity index (χ2v) is 9.23. The zero-order valence-corrected chi connectivity index (χ0v) is 16.3. The van der Waals surface area contributed by atoms with Gasteiger partial charge in [-0.2, -0.15) is 9.40 Å². The molecule has 1 aliphatic rings. The van der Waals surface area contributed by atoms with E-state index in [9.17, 15) is 8.42 Å². The maximum Gasteiger partial charge on any atom is 0.246 e. The molecule has 1 saturated heterocycles. The second-order valence-electron chi connectivity index (χ2n) is 6.44. The van der Waals surface area contributed by atoms with Gasteiger partial charge in [-0.05, 0) is 56.7 Å². The number of nitrogens with one attached hydrogen (secondary N) is 1. The summed E-state index contributed by atoms with van der Waals surface area (Å²) < 4.78 is 28.4. The fourth-order valence-corrected chi connectivity index (χ4v) is 5.42. The average Bonchev–Trinajstić information content (AvgIpc) is 2.89. The van der Waals surface area contributed by atoms with E-state index in [2.05, 4.69) is 50.4 Å². The number of aromatic amines is 1. The van der Waals surface area contributed by atoms with Crippen LogP contribution in [-0.4, -0.2) is 36.0 Å². The number of H-pyrrole nitrogens is 1. The molecule has 130 valence electrons. The molecule has 2 heterocycles. The number of hydrogen-bond acceptors (Lipinski definition) is 3. The number of piperidine rings is 1. The molecule has 0 atom stereocenters. The number of nitrogens with zero attached hydrogens (tertiary/aromatic N) is 2. The molecule has 0 radical (unpaired) electrons. The molecule has 3 rings (SSSR count). The predicted molar refractivity (Wildman–Crippen MR) is 97.4 cm³/mol. The molecular weight excluding hydrogens is 390 g/mol. The summed E-state index contributed by atoms with van der Waals surface area (Å²) in [6.07, 6.45) is 2.79. The highest BCUT2D eigenvalue weighted by Gasteiger charge is 2.32. The van der Waals surface area contributed by atoms with Crippen molar-refractivity contribution in [2.75, 3.05) is 13.1 Å². The summed E-state index contributed by atoms with van der Waals surface area (Å²) in [6, 6.07) is 8.37. The molecule has 2 aromatic rings. The van der Waals surface area contributed by atoms with Gasteiger partial charge in [0.25, 0.3) is 0 Å². The summed E-state index contributed by atoms with van der Waals surface area (Å²) in [5.41, 5.74) is 2.47. The molecule has 0 spiro atoms. The largest absolute Gasteiger partial charge is 0.281 e. The third-order valence-corrected chi connectivity index (χ3v) is 7.36. The molecule has 5 nitrogen and oxygen atoms in total. The molecule has 1 aromatic heterocycles. The summed E-state index contributed by atoms with van der Waals surface area (Å²) in [6.45, 7) is 4.64. The zero-order valence-electron chi connectivity index (χ0n) is 13.9. The third kappa shape index (κ3) is 3.58. The predicted octanol–water partition coefficient (Wildman–Crippen LogP) is 3.43. The van der Waals surface area contributed by atoms with Gasteiger partial charge in [-0.25, -0.2) is 8.42 Å². The van der Waals surface area contributed by atoms with Crippen molar-refractivity contribution in [3.8, 4) is 0 Å². The number of aromatic nitrogens is 2. The number of sulfonamides is 1. The third-order valence-electron chi connectivity index (χ3n) is 4.67. The van der Waals surface area contributed by atoms with Crippen molar-refractivity contribution < 1.29 is 8.42 Å². The lowest BCUT2D eigenvalue weighted by Crippen LogP contribution is -2.39. The van der Waals surface area contributed by atoms with Crippen LogP contribution in [0.25, 0.3) is 0 Å². The fourth-order valence-electron chi connectivity index (χ4n) is 3.36. The molecule has 1 fully saturated rings. The van der Waals surface area contributed by atoms with Crippen molar-refractivity contribution >= 4 is 26.0 Å². The highest BCUT2D eigenvalue weighted by molar-refractivity contribution is 9.10. The summed E-state index contributed by atoms with van der Waals surface area (Å²) in [5, 5.41) is 6.79. The Hall–Kier alpha value is -1.18. The Labute approximate surface area is 151 Å². The summed E-state index contributed by atoms with van der Waals surface area (Å²) in [5.74, 6) is 0.532. The lowest BCUT2D eigenvalue weighted by Gasteiger charge is -2.31. The van der Waals surface area contributed by atoms with Gasteiger partial charge in [0, 0.05) is 17.6 Å². The summed E-state index contributed by atoms with van der Waals surface area (Å²) >= 11 is 3.45. The minimum Gasteiger partial charge on any atom is -0.281 e. The van der Waals surface area contributed by atoms with Gasteiger partial charge in [0.1, 0.15) is 4.90 Å². The molecule has 1 N–H and O–H groups in total. The highest BCUT2D eigenvalue weighted by atomic mass is 79.9. The maximum absolute atomic E-state index is 12.9. The Bertz CT molecular complexity index is 787. The number of aryl methyl sites for hydroxylation is 2. The molecule has 0 unspecified atom stereocenters. The van der Waals surface area contributed by atoms with Crippen molar-refractivity contribution in [3.63, 3.8) is 0 Å². The molecule has 0 aliphatic carbocycles. The van der Waals surface area contributed by atoms with Crippen molar-refractivity contribution in [3.05, 3.63) is 45.7 Å². The highest BCUT2D eigenvalue weighted by Crippen LogP contribution is 2.28. The van der Waals surface area contributed by atoms with Crippen LogP contribution in [0.4, 0.5) is 0 Å². The molecule has 7 heteroatoms. The van der Waals surface area contributed by atoms with Gasteiger partial charge in [0.15, 0.2) is 0 Å². The molecular formula is C17H22BrN3O2S. The molecule has 0 amide bonds. The standard InChI is InChI=1S/C17H22BrN3O2S/c1-12-17(13(2)20-19-12)24(22,23)21-9-7-15(8-10-21)11-14-3-5-16(18)6-4-14/h3-6,15H,7-11H2,1-2H3,(H,19,20). The fraction of sp³-hybridized carbons (Fsp3) is 0.471. The van der Waals surface area contributed by atoms with Crippen molar-refractivity contribution in [1.29, 1.82) is 0 Å². The Morgan fingerprint density at radius 2 is 1.83 bits per heavy atom. The quantitative estimate of drug-likeness (QED) is 0.837. The molecule has 1 aromatic carbocycles. The van der Waals surface area contributed by atoms with Crippen LogP contribution in [0, 0.1) is 19.8 Å². The van der Waals surface area contributed by atoms with Crippen LogP contribution in [0.2, 0.25) is 0 Å². The van der Waals surface area contributed by atoms with E-state index in [4.69, 9.17) is 0 Å². The van der Waals surface area contributed by atoms with Crippen LogP contribution < -0.4 is 0 Å². The monoisotopic (exact) mass is 411 g/mol. The Balaban J connectivity index is 1.65. The molecule has 0 bridgehead atoms. The Morgan fingerprint density at radius 3 is 2.38 bits per heavy atom. The Morgan fingerprint density at radius 1 is 1.21 bits per heavy atom. The van der Waals surface area contributed by atoms with Gasteiger partial charge in [-0.3, -0.25) is 5.10 Å². The first kappa shape index (κ1) is 17.6. The van der Waals surface area contributed by atoms with E-state index in [-0.39, 0.29) is 0 Å². The first-order chi connectivity index (χ1) is 11.4. The zero-order chi connectivity index (χ0) is 17.3. The van der Waals surface area contributed by atoms with E-state index < -0.39 is 10.0 Å². The van der Waals surface area contributed by atoms with Crippen LogP contribution in [0.1, 0.15) is 29.8 Å². The summed E-state index contributed by atoms with van der Waals surface area (Å²) in [7, 11) is -3.45. The lowest BCUT2D eigenvalue weighted by molar-refractivity contribution is 0.272. The van der Waals surface area contributed by atoms with Crippen LogP contribution in [-0.2, 0) is 16.4 Å². The lowest BCUT2D eigenvalue weighted by atomic mass is 9.91. The minimum atomic E-state index is -3.45. The van der Waals surface area contributed by atoms with Crippen LogP contribution >= 0.6 is 15.9 Å². The molecule has 1 aliphatic heterocycles. The van der Waals surface area contributed by atoms with Crippen molar-refractivity contribution in [2.45, 2.75) is 38.0 Å². The smallest absolute Gasteiger partial charge is 0.246 e. The van der Waals surface area contributed by atoms with Gasteiger partial charge < -0.3 is 0 Å². The Kier molecular flexibility index (Phi) is 5.13. The van der Waals surface area contributed by atoms with E-state index in [1.54, 1.807) is 18.2 Å². The van der Waals surface area contributed by atoms with Crippen LogP contribution in [0.5, 0.6) is 0 Å². The van der Waals surface area contributed by atoms with Gasteiger partial charge in [-0.15, -0.1) is 0 Å². The van der Waals surface area contributed by atoms with E-state index in [1.165, 1.54) is 5.56 Å². The minimum absolute atomic E-state index is 0.342. The van der Waals surface area contributed by atoms with Gasteiger partial charge in [0.05, 0.1) is 11.4 Å².